The van der Waals surface area contributed by atoms with E-state index >= 15 is 0 Å². The fraction of sp³-hybridized carbons (Fsp3) is 0.409. The maximum absolute atomic E-state index is 13.0. The van der Waals surface area contributed by atoms with Crippen molar-refractivity contribution in [1.82, 2.24) is 9.97 Å². The Kier molecular flexibility index (Phi) is 6.75. The molecule has 2 aliphatic heterocycles. The van der Waals surface area contributed by atoms with Crippen LogP contribution in [0.4, 0.5) is 23.1 Å². The van der Waals surface area contributed by atoms with E-state index in [1.165, 1.54) is 24.3 Å². The van der Waals surface area contributed by atoms with E-state index in [2.05, 4.69) is 20.6 Å². The largest absolute Gasteiger partial charge is 0.466 e. The summed E-state index contributed by atoms with van der Waals surface area (Å²) in [5.74, 6) is -2.72. The summed E-state index contributed by atoms with van der Waals surface area (Å²) < 4.78 is 5.07. The Morgan fingerprint density at radius 2 is 1.97 bits per heavy atom. The number of nitro groups is 1. The number of carbonyl (C=O) groups is 3. The summed E-state index contributed by atoms with van der Waals surface area (Å²) in [7, 11) is 0. The van der Waals surface area contributed by atoms with Gasteiger partial charge in [-0.1, -0.05) is 12.1 Å². The predicted octanol–water partition coefficient (Wildman–Crippen LogP) is 1.52. The maximum atomic E-state index is 13.0. The normalized spacial score (nSPS) is 17.8. The first-order valence-corrected chi connectivity index (χ1v) is 11.2. The number of amides is 2. The zero-order valence-electron chi connectivity index (χ0n) is 18.9. The Bertz CT molecular complexity index is 1240. The minimum Gasteiger partial charge on any atom is -0.466 e. The summed E-state index contributed by atoms with van der Waals surface area (Å²) >= 11 is 0. The molecule has 0 saturated carbocycles. The topological polar surface area (TPSA) is 177 Å². The van der Waals surface area contributed by atoms with Crippen LogP contribution in [0.1, 0.15) is 37.7 Å². The van der Waals surface area contributed by atoms with Crippen molar-refractivity contribution in [1.29, 1.82) is 0 Å². The number of nitrogens with zero attached hydrogens (tertiary/aromatic N) is 3. The number of para-hydroxylation sites is 2. The molecule has 1 atom stereocenters. The van der Waals surface area contributed by atoms with E-state index in [4.69, 9.17) is 4.74 Å². The van der Waals surface area contributed by atoms with Crippen molar-refractivity contribution in [2.45, 2.75) is 32.1 Å². The number of nitrogens with one attached hydrogen (secondary N) is 3. The highest BCUT2D eigenvalue weighted by Gasteiger charge is 2.36. The number of benzene rings is 1. The van der Waals surface area contributed by atoms with Crippen LogP contribution in [0.15, 0.2) is 29.1 Å². The minimum absolute atomic E-state index is 0.0224. The van der Waals surface area contributed by atoms with Gasteiger partial charge in [0.05, 0.1) is 28.9 Å². The maximum Gasteiger partial charge on any atom is 0.309 e. The highest BCUT2D eigenvalue weighted by atomic mass is 16.6. The quantitative estimate of drug-likeness (QED) is 0.312. The lowest BCUT2D eigenvalue weighted by atomic mass is 9.92. The van der Waals surface area contributed by atoms with Crippen LogP contribution < -0.4 is 21.1 Å². The Hall–Kier alpha value is -4.29. The van der Waals surface area contributed by atoms with E-state index in [-0.39, 0.29) is 47.0 Å². The van der Waals surface area contributed by atoms with Gasteiger partial charge >= 0.3 is 5.97 Å². The van der Waals surface area contributed by atoms with E-state index in [0.29, 0.717) is 32.5 Å². The van der Waals surface area contributed by atoms with Gasteiger partial charge in [-0.05, 0) is 25.8 Å². The second-order valence-electron chi connectivity index (χ2n) is 8.23. The molecule has 0 aliphatic carbocycles. The molecule has 0 spiro atoms. The van der Waals surface area contributed by atoms with Crippen LogP contribution in [0.5, 0.6) is 0 Å². The molecule has 1 saturated heterocycles. The number of rotatable bonds is 6. The molecule has 1 fully saturated rings. The second-order valence-corrected chi connectivity index (χ2v) is 8.23. The van der Waals surface area contributed by atoms with Gasteiger partial charge in [-0.15, -0.1) is 0 Å². The average Bonchev–Trinajstić information content (AvgIpc) is 2.83. The standard InChI is InChI=1S/C22H24N6O7/c1-2-35-21(32)12-7-9-27(10-8-12)22-25-18-17(20(31)26-22)13(11-16(29)24-18)19(30)23-14-5-3-4-6-15(14)28(33)34/h3-6,12-13H,2,7-11H2,1H3,(H,23,30)(H2,24,25,26,29,31)/t13-/m0/s1. The number of piperidine rings is 1. The van der Waals surface area contributed by atoms with E-state index in [1.54, 1.807) is 11.8 Å². The molecule has 35 heavy (non-hydrogen) atoms. The molecule has 2 amide bonds. The van der Waals surface area contributed by atoms with Crippen molar-refractivity contribution in [3.05, 3.63) is 50.3 Å². The van der Waals surface area contributed by atoms with Gasteiger partial charge in [-0.2, -0.15) is 4.98 Å². The van der Waals surface area contributed by atoms with Gasteiger partial charge < -0.3 is 20.3 Å². The summed E-state index contributed by atoms with van der Waals surface area (Å²) in [5, 5.41) is 16.3. The molecule has 0 bridgehead atoms. The van der Waals surface area contributed by atoms with Crippen molar-refractivity contribution in [2.24, 2.45) is 5.92 Å². The first-order valence-electron chi connectivity index (χ1n) is 11.2. The molecule has 184 valence electrons. The second kappa shape index (κ2) is 9.91. The molecule has 13 nitrogen and oxygen atoms in total. The zero-order chi connectivity index (χ0) is 25.1. The molecule has 2 aliphatic rings. The first kappa shape index (κ1) is 23.9. The Morgan fingerprint density at radius 3 is 2.66 bits per heavy atom. The van der Waals surface area contributed by atoms with Gasteiger partial charge in [0.15, 0.2) is 0 Å². The third-order valence-corrected chi connectivity index (χ3v) is 6.03. The van der Waals surface area contributed by atoms with Crippen molar-refractivity contribution in [3.63, 3.8) is 0 Å². The lowest BCUT2D eigenvalue weighted by Crippen LogP contribution is -2.41. The highest BCUT2D eigenvalue weighted by Crippen LogP contribution is 2.32. The third-order valence-electron chi connectivity index (χ3n) is 6.03. The number of aromatic nitrogens is 2. The summed E-state index contributed by atoms with van der Waals surface area (Å²) in [4.78, 5) is 69.8. The van der Waals surface area contributed by atoms with E-state index < -0.39 is 28.2 Å². The van der Waals surface area contributed by atoms with Crippen molar-refractivity contribution < 1.29 is 24.0 Å². The van der Waals surface area contributed by atoms with Crippen LogP contribution >= 0.6 is 0 Å². The number of esters is 1. The predicted molar refractivity (Wildman–Crippen MR) is 124 cm³/mol. The molecule has 4 rings (SSSR count). The van der Waals surface area contributed by atoms with Gasteiger partial charge in [-0.3, -0.25) is 34.3 Å². The van der Waals surface area contributed by atoms with Crippen LogP contribution in [0.3, 0.4) is 0 Å². The van der Waals surface area contributed by atoms with Gasteiger partial charge in [0.2, 0.25) is 17.8 Å². The summed E-state index contributed by atoms with van der Waals surface area (Å²) in [6, 6.07) is 5.59. The number of H-pyrrole nitrogens is 1. The van der Waals surface area contributed by atoms with E-state index in [1.807, 2.05) is 0 Å². The monoisotopic (exact) mass is 484 g/mol. The van der Waals surface area contributed by atoms with Crippen LogP contribution in [0, 0.1) is 16.0 Å². The number of aromatic amines is 1. The van der Waals surface area contributed by atoms with Gasteiger partial charge in [0.1, 0.15) is 11.5 Å². The number of nitro benzene ring substituents is 1. The summed E-state index contributed by atoms with van der Waals surface area (Å²) in [5.41, 5.74) is -0.971. The van der Waals surface area contributed by atoms with Gasteiger partial charge in [0, 0.05) is 25.6 Å². The van der Waals surface area contributed by atoms with Crippen molar-refractivity contribution >= 4 is 40.9 Å². The molecule has 13 heteroatoms. The fourth-order valence-electron chi connectivity index (χ4n) is 4.28. The van der Waals surface area contributed by atoms with Crippen molar-refractivity contribution in [3.8, 4) is 0 Å². The lowest BCUT2D eigenvalue weighted by molar-refractivity contribution is -0.383. The third kappa shape index (κ3) is 4.98. The molecule has 1 aromatic heterocycles. The number of carbonyl (C=O) groups excluding carboxylic acids is 3. The molecular formula is C22H24N6O7. The van der Waals surface area contributed by atoms with Crippen molar-refractivity contribution in [2.75, 3.05) is 35.2 Å². The number of hydrogen-bond acceptors (Lipinski definition) is 9. The molecule has 2 aromatic rings. The number of fused-ring (bicyclic) bond motifs is 1. The SMILES string of the molecule is CCOC(=O)C1CCN(c2nc3c(c(=O)[nH]2)[C@@H](C(=O)Nc2ccccc2[N+](=O)[O-])CC(=O)N3)CC1. The van der Waals surface area contributed by atoms with Gasteiger partial charge in [-0.25, -0.2) is 0 Å². The molecule has 0 radical (unpaired) electrons. The van der Waals surface area contributed by atoms with Crippen LogP contribution in [0.2, 0.25) is 0 Å². The minimum atomic E-state index is -1.18. The summed E-state index contributed by atoms with van der Waals surface area (Å²) in [6.07, 6.45) is 0.730. The number of hydrogen-bond donors (Lipinski definition) is 3. The highest BCUT2D eigenvalue weighted by molar-refractivity contribution is 6.05. The number of anilines is 3. The van der Waals surface area contributed by atoms with Crippen LogP contribution in [-0.2, 0) is 19.1 Å². The Labute approximate surface area is 199 Å². The smallest absolute Gasteiger partial charge is 0.309 e. The lowest BCUT2D eigenvalue weighted by Gasteiger charge is -2.32. The molecule has 3 N–H and O–H groups in total. The molecular weight excluding hydrogens is 460 g/mol. The zero-order valence-corrected chi connectivity index (χ0v) is 18.9. The number of ether oxygens (including phenoxy) is 1. The summed E-state index contributed by atoms with van der Waals surface area (Å²) in [6.45, 7) is 2.95. The Balaban J connectivity index is 1.56. The first-order chi connectivity index (χ1) is 16.8. The molecule has 0 unspecified atom stereocenters. The van der Waals surface area contributed by atoms with Crippen LogP contribution in [-0.4, -0.2) is 52.4 Å². The average molecular weight is 484 g/mol. The molecule has 3 heterocycles. The van der Waals surface area contributed by atoms with Gasteiger partial charge in [0.25, 0.3) is 11.2 Å². The fourth-order valence-corrected chi connectivity index (χ4v) is 4.28. The molecule has 1 aromatic carbocycles. The van der Waals surface area contributed by atoms with Crippen LogP contribution in [0.25, 0.3) is 0 Å². The van der Waals surface area contributed by atoms with E-state index in [9.17, 15) is 29.3 Å². The van der Waals surface area contributed by atoms with E-state index in [0.717, 1.165) is 0 Å². The Morgan fingerprint density at radius 1 is 1.26 bits per heavy atom.